The predicted molar refractivity (Wildman–Crippen MR) is 165 cm³/mol. The summed E-state index contributed by atoms with van der Waals surface area (Å²) in [7, 11) is 1.60. The van der Waals surface area contributed by atoms with Gasteiger partial charge in [0.15, 0.2) is 0 Å². The molecule has 3 aromatic carbocycles. The highest BCUT2D eigenvalue weighted by Gasteiger charge is 2.37. The summed E-state index contributed by atoms with van der Waals surface area (Å²) in [5, 5.41) is 6.48. The number of carbonyl (C=O) groups is 2. The van der Waals surface area contributed by atoms with Gasteiger partial charge in [-0.2, -0.15) is 0 Å². The van der Waals surface area contributed by atoms with Crippen molar-refractivity contribution in [1.29, 1.82) is 0 Å². The van der Waals surface area contributed by atoms with E-state index in [4.69, 9.17) is 21.3 Å². The topological polar surface area (TPSA) is 71.5 Å². The van der Waals surface area contributed by atoms with E-state index in [2.05, 4.69) is 17.5 Å². The Balaban J connectivity index is 1.47. The van der Waals surface area contributed by atoms with Gasteiger partial charge in [-0.15, -0.1) is 11.3 Å². The Hall–Kier alpha value is -3.94. The Morgan fingerprint density at radius 1 is 1.05 bits per heavy atom. The smallest absolute Gasteiger partial charge is 0.247 e. The zero-order valence-corrected chi connectivity index (χ0v) is 24.4. The van der Waals surface area contributed by atoms with Gasteiger partial charge >= 0.3 is 0 Å². The summed E-state index contributed by atoms with van der Waals surface area (Å²) in [6, 6.07) is 23.7. The lowest BCUT2D eigenvalue weighted by Crippen LogP contribution is -2.51. The van der Waals surface area contributed by atoms with Crippen molar-refractivity contribution in [2.24, 2.45) is 5.92 Å². The summed E-state index contributed by atoms with van der Waals surface area (Å²) < 4.78 is 5.26. The van der Waals surface area contributed by atoms with E-state index in [1.165, 1.54) is 11.3 Å². The molecule has 2 unspecified atom stereocenters. The molecule has 0 radical (unpaired) electrons. The van der Waals surface area contributed by atoms with Crippen molar-refractivity contribution in [3.63, 3.8) is 0 Å². The molecule has 6 nitrogen and oxygen atoms in total. The first-order chi connectivity index (χ1) is 20.0. The first-order valence-electron chi connectivity index (χ1n) is 13.6. The minimum absolute atomic E-state index is 0.0198. The van der Waals surface area contributed by atoms with E-state index >= 15 is 0 Å². The van der Waals surface area contributed by atoms with Gasteiger partial charge in [0.25, 0.3) is 0 Å². The highest BCUT2D eigenvalue weighted by atomic mass is 35.5. The quantitative estimate of drug-likeness (QED) is 0.197. The molecule has 0 bridgehead atoms. The van der Waals surface area contributed by atoms with Gasteiger partial charge in [-0.3, -0.25) is 9.59 Å². The van der Waals surface area contributed by atoms with Gasteiger partial charge in [-0.25, -0.2) is 4.98 Å². The number of halogens is 1. The summed E-state index contributed by atoms with van der Waals surface area (Å²) in [6.45, 7) is 0.241. The largest absolute Gasteiger partial charge is 0.497 e. The summed E-state index contributed by atoms with van der Waals surface area (Å²) >= 11 is 7.56. The van der Waals surface area contributed by atoms with Crippen LogP contribution in [-0.4, -0.2) is 34.8 Å². The molecule has 0 spiro atoms. The number of rotatable bonds is 10. The number of hydrogen-bond acceptors (Lipinski definition) is 5. The third kappa shape index (κ3) is 7.43. The average Bonchev–Trinajstić information content (AvgIpc) is 3.47. The SMILES string of the molecule is COc1ccc(NC(=O)C(C2CC=CCC2)N(Cc2nc(-c3ccc(Cl)cc3)cs2)C(=O)Cc2ccccc2)cc1. The zero-order chi connectivity index (χ0) is 28.6. The van der Waals surface area contributed by atoms with E-state index in [1.807, 2.05) is 72.1 Å². The monoisotopic (exact) mass is 585 g/mol. The molecular weight excluding hydrogens is 554 g/mol. The van der Waals surface area contributed by atoms with E-state index in [1.54, 1.807) is 24.1 Å². The Kier molecular flexibility index (Phi) is 9.49. The molecule has 1 N–H and O–H groups in total. The standard InChI is InChI=1S/C33H32ClN3O3S/c1-40-28-18-16-27(17-19-28)35-33(39)32(25-10-6-3-7-11-25)37(31(38)20-23-8-4-2-5-9-23)21-30-36-29(22-41-30)24-12-14-26(34)15-13-24/h2-6,8-9,12-19,22,25,32H,7,10-11,20-21H2,1H3,(H,35,39). The molecule has 0 saturated carbocycles. The minimum atomic E-state index is -0.666. The molecule has 0 saturated heterocycles. The average molecular weight is 586 g/mol. The van der Waals surface area contributed by atoms with Gasteiger partial charge in [0.1, 0.15) is 16.8 Å². The molecule has 2 amide bonds. The Labute approximate surface area is 249 Å². The molecule has 1 aliphatic carbocycles. The third-order valence-corrected chi connectivity index (χ3v) is 8.32. The lowest BCUT2D eigenvalue weighted by atomic mass is 9.85. The maximum absolute atomic E-state index is 14.0. The number of ether oxygens (including phenoxy) is 1. The van der Waals surface area contributed by atoms with Crippen LogP contribution in [-0.2, 0) is 22.6 Å². The van der Waals surface area contributed by atoms with Crippen LogP contribution in [0.5, 0.6) is 5.75 Å². The second kappa shape index (κ2) is 13.6. The van der Waals surface area contributed by atoms with Crippen molar-refractivity contribution in [1.82, 2.24) is 9.88 Å². The molecule has 4 aromatic rings. The second-order valence-corrected chi connectivity index (χ2v) is 11.4. The molecule has 1 aromatic heterocycles. The minimum Gasteiger partial charge on any atom is -0.497 e. The first kappa shape index (κ1) is 28.6. The van der Waals surface area contributed by atoms with Crippen molar-refractivity contribution in [2.75, 3.05) is 12.4 Å². The molecule has 41 heavy (non-hydrogen) atoms. The van der Waals surface area contributed by atoms with Crippen LogP contribution in [0.3, 0.4) is 0 Å². The van der Waals surface area contributed by atoms with Crippen LogP contribution in [0.15, 0.2) is 96.4 Å². The number of nitrogens with one attached hydrogen (secondary N) is 1. The number of anilines is 1. The molecule has 210 valence electrons. The van der Waals surface area contributed by atoms with Crippen molar-refractivity contribution < 1.29 is 14.3 Å². The van der Waals surface area contributed by atoms with E-state index in [9.17, 15) is 9.59 Å². The van der Waals surface area contributed by atoms with E-state index in [-0.39, 0.29) is 30.7 Å². The summed E-state index contributed by atoms with van der Waals surface area (Å²) in [4.78, 5) is 34.6. The lowest BCUT2D eigenvalue weighted by Gasteiger charge is -2.36. The number of nitrogens with zero attached hydrogens (tertiary/aromatic N) is 2. The normalized spacial score (nSPS) is 15.2. The number of thiazole rings is 1. The van der Waals surface area contributed by atoms with Crippen LogP contribution in [0.1, 0.15) is 29.8 Å². The third-order valence-electron chi connectivity index (χ3n) is 7.23. The fraction of sp³-hybridized carbons (Fsp3) is 0.242. The van der Waals surface area contributed by atoms with Crippen LogP contribution in [0.2, 0.25) is 5.02 Å². The molecule has 8 heteroatoms. The molecular formula is C33H32ClN3O3S. The fourth-order valence-electron chi connectivity index (χ4n) is 5.10. The molecule has 1 aliphatic rings. The zero-order valence-electron chi connectivity index (χ0n) is 22.8. The Morgan fingerprint density at radius 3 is 2.49 bits per heavy atom. The molecule has 1 heterocycles. The van der Waals surface area contributed by atoms with Crippen LogP contribution < -0.4 is 10.1 Å². The van der Waals surface area contributed by atoms with E-state index in [0.29, 0.717) is 16.5 Å². The van der Waals surface area contributed by atoms with Gasteiger partial charge in [0.05, 0.1) is 25.8 Å². The van der Waals surface area contributed by atoms with Gasteiger partial charge in [-0.1, -0.05) is 66.2 Å². The second-order valence-electron chi connectivity index (χ2n) is 10.0. The number of hydrogen-bond donors (Lipinski definition) is 1. The maximum atomic E-state index is 14.0. The van der Waals surface area contributed by atoms with E-state index in [0.717, 1.165) is 41.1 Å². The molecule has 5 rings (SSSR count). The number of carbonyl (C=O) groups excluding carboxylic acids is 2. The lowest BCUT2D eigenvalue weighted by molar-refractivity contribution is -0.141. The Bertz CT molecular complexity index is 1490. The molecule has 0 aliphatic heterocycles. The van der Waals surface area contributed by atoms with Crippen LogP contribution in [0.4, 0.5) is 5.69 Å². The van der Waals surface area contributed by atoms with Gasteiger partial charge < -0.3 is 15.0 Å². The van der Waals surface area contributed by atoms with Crippen molar-refractivity contribution in [2.45, 2.75) is 38.3 Å². The summed E-state index contributed by atoms with van der Waals surface area (Å²) in [6.07, 6.45) is 6.87. The summed E-state index contributed by atoms with van der Waals surface area (Å²) in [5.74, 6) is 0.376. The van der Waals surface area contributed by atoms with Crippen molar-refractivity contribution in [3.05, 3.63) is 112 Å². The molecule has 2 atom stereocenters. The van der Waals surface area contributed by atoms with Crippen molar-refractivity contribution in [3.8, 4) is 17.0 Å². The fourth-order valence-corrected chi connectivity index (χ4v) is 6.03. The number of aromatic nitrogens is 1. The van der Waals surface area contributed by atoms with Crippen LogP contribution in [0, 0.1) is 5.92 Å². The first-order valence-corrected chi connectivity index (χ1v) is 14.9. The van der Waals surface area contributed by atoms with Crippen LogP contribution >= 0.6 is 22.9 Å². The van der Waals surface area contributed by atoms with Crippen LogP contribution in [0.25, 0.3) is 11.3 Å². The number of allylic oxidation sites excluding steroid dienone is 2. The Morgan fingerprint density at radius 2 is 1.80 bits per heavy atom. The number of amides is 2. The molecule has 0 fully saturated rings. The van der Waals surface area contributed by atoms with Gasteiger partial charge in [0, 0.05) is 21.7 Å². The highest BCUT2D eigenvalue weighted by molar-refractivity contribution is 7.09. The predicted octanol–water partition coefficient (Wildman–Crippen LogP) is 7.41. The van der Waals surface area contributed by atoms with Gasteiger partial charge in [0.2, 0.25) is 11.8 Å². The number of methoxy groups -OCH3 is 1. The van der Waals surface area contributed by atoms with E-state index < -0.39 is 6.04 Å². The van der Waals surface area contributed by atoms with Gasteiger partial charge in [-0.05, 0) is 67.1 Å². The summed E-state index contributed by atoms with van der Waals surface area (Å²) in [5.41, 5.74) is 3.32. The number of benzene rings is 3. The highest BCUT2D eigenvalue weighted by Crippen LogP contribution is 2.30. The van der Waals surface area contributed by atoms with Crippen molar-refractivity contribution >= 4 is 40.4 Å². The maximum Gasteiger partial charge on any atom is 0.247 e.